The Morgan fingerprint density at radius 1 is 0.274 bits per heavy atom. The van der Waals surface area contributed by atoms with Crippen molar-refractivity contribution in [2.24, 2.45) is 0 Å². The van der Waals surface area contributed by atoms with Crippen molar-refractivity contribution in [3.63, 3.8) is 0 Å². The lowest BCUT2D eigenvalue weighted by molar-refractivity contribution is 0.107. The van der Waals surface area contributed by atoms with Crippen molar-refractivity contribution in [2.75, 3.05) is 23.0 Å². The van der Waals surface area contributed by atoms with E-state index >= 15 is 0 Å². The third-order valence-corrected chi connectivity index (χ3v) is 28.7. The lowest BCUT2D eigenvalue weighted by Crippen LogP contribution is -2.29. The predicted octanol–water partition coefficient (Wildman–Crippen LogP) is 32.0. The second-order valence-corrected chi connectivity index (χ2v) is 37.0. The van der Waals surface area contributed by atoms with Crippen molar-refractivity contribution in [3.05, 3.63) is 515 Å². The molecule has 0 radical (unpaired) electrons. The van der Waals surface area contributed by atoms with E-state index in [-0.39, 0.29) is 5.41 Å². The lowest BCUT2D eigenvalue weighted by atomic mass is 9.70. The van der Waals surface area contributed by atoms with Crippen LogP contribution in [0.25, 0.3) is 101 Å². The summed E-state index contributed by atoms with van der Waals surface area (Å²) < 4.78 is 31.4. The van der Waals surface area contributed by atoms with Gasteiger partial charge in [-0.15, -0.1) is 0 Å². The Balaban J connectivity index is 0.462. The Labute approximate surface area is 789 Å². The summed E-state index contributed by atoms with van der Waals surface area (Å²) in [5, 5.41) is 4.73. The van der Waals surface area contributed by atoms with Crippen LogP contribution < -0.4 is 19.3 Å². The maximum absolute atomic E-state index is 6.65. The van der Waals surface area contributed by atoms with E-state index in [0.29, 0.717) is 39.6 Å². The summed E-state index contributed by atoms with van der Waals surface area (Å²) >= 11 is 0. The molecule has 23 rings (SSSR count). The molecule has 20 aromatic rings. The van der Waals surface area contributed by atoms with Gasteiger partial charge >= 0.3 is 0 Å². The van der Waals surface area contributed by atoms with Crippen molar-refractivity contribution in [3.8, 4) is 56.3 Å². The molecule has 0 aliphatic heterocycles. The van der Waals surface area contributed by atoms with Gasteiger partial charge < -0.3 is 37.9 Å². The Bertz CT molecular complexity index is 7500. The highest BCUT2D eigenvalue weighted by molar-refractivity contribution is 6.12. The number of nitrogens with zero attached hydrogens (tertiary/aromatic N) is 4. The van der Waals surface area contributed by atoms with E-state index in [1.165, 1.54) is 111 Å². The normalized spacial score (nSPS) is 14.7. The van der Waals surface area contributed by atoms with Crippen LogP contribution in [0.4, 0.5) is 34.1 Å². The van der Waals surface area contributed by atoms with Gasteiger partial charge in [0, 0.05) is 83.3 Å². The Hall–Kier alpha value is -15.8. The molecule has 0 N–H and O–H groups in total. The number of aryl methyl sites for hydroxylation is 2. The fourth-order valence-corrected chi connectivity index (χ4v) is 22.2. The predicted molar refractivity (Wildman–Crippen MR) is 558 cm³/mol. The molecule has 654 valence electrons. The fraction of sp³-hybridized carbons (Fsp3) is 0.118. The molecule has 0 saturated heterocycles. The molecule has 0 bridgehead atoms. The van der Waals surface area contributed by atoms with E-state index in [9.17, 15) is 0 Å². The quantitative estimate of drug-likeness (QED) is 0.0487. The van der Waals surface area contributed by atoms with Gasteiger partial charge in [0.1, 0.15) is 11.5 Å². The van der Waals surface area contributed by atoms with Gasteiger partial charge in [0.25, 0.3) is 0 Å². The first-order valence-corrected chi connectivity index (χ1v) is 47.1. The summed E-state index contributed by atoms with van der Waals surface area (Å²) in [7, 11) is 0. The number of anilines is 6. The maximum atomic E-state index is 6.65. The molecule has 8 nitrogen and oxygen atoms in total. The van der Waals surface area contributed by atoms with E-state index in [1.54, 1.807) is 0 Å². The first kappa shape index (κ1) is 83.5. The molecule has 2 heterocycles. The molecule has 2 atom stereocenters. The van der Waals surface area contributed by atoms with E-state index in [1.807, 2.05) is 36.4 Å². The zero-order chi connectivity index (χ0) is 90.9. The molecule has 0 fully saturated rings. The number of para-hydroxylation sites is 2. The molecule has 3 aliphatic rings. The highest BCUT2D eigenvalue weighted by Gasteiger charge is 2.47. The molecular formula is C127H102N4O4. The zero-order valence-electron chi connectivity index (χ0n) is 76.4. The topological polar surface area (TPSA) is 53.3 Å². The molecule has 3 aliphatic carbocycles. The minimum Gasteiger partial charge on any atom is -0.494 e. The van der Waals surface area contributed by atoms with Crippen molar-refractivity contribution >= 4 is 89.9 Å². The van der Waals surface area contributed by atoms with Crippen LogP contribution >= 0.6 is 0 Å². The van der Waals surface area contributed by atoms with Crippen LogP contribution in [-0.4, -0.2) is 22.3 Å². The van der Waals surface area contributed by atoms with E-state index in [0.717, 1.165) is 125 Å². The fourth-order valence-electron chi connectivity index (χ4n) is 22.2. The van der Waals surface area contributed by atoms with Crippen molar-refractivity contribution in [2.45, 2.75) is 83.2 Å². The number of hydrogen-bond donors (Lipinski definition) is 0. The minimum absolute atomic E-state index is 0.223. The van der Waals surface area contributed by atoms with Gasteiger partial charge in [-0.05, 0) is 295 Å². The summed E-state index contributed by atoms with van der Waals surface area (Å²) in [5.41, 5.74) is 38.9. The first-order valence-electron chi connectivity index (χ1n) is 47.1. The molecule has 0 amide bonds. The molecule has 0 saturated carbocycles. The average molecular weight is 1750 g/mol. The second kappa shape index (κ2) is 34.7. The Kier molecular flexibility index (Phi) is 21.5. The van der Waals surface area contributed by atoms with Gasteiger partial charge in [0.2, 0.25) is 0 Å². The van der Waals surface area contributed by atoms with Crippen molar-refractivity contribution in [1.29, 1.82) is 0 Å². The van der Waals surface area contributed by atoms with Gasteiger partial charge in [-0.25, -0.2) is 0 Å². The lowest BCUT2D eigenvalue weighted by Gasteiger charge is -2.34. The highest BCUT2D eigenvalue weighted by atomic mass is 16.5. The number of rotatable bonds is 28. The number of benzene rings is 18. The molecule has 0 spiro atoms. The molecule has 8 heteroatoms. The van der Waals surface area contributed by atoms with Gasteiger partial charge in [0.15, 0.2) is 0 Å². The molecular weight excluding hydrogens is 1650 g/mol. The third kappa shape index (κ3) is 14.8. The van der Waals surface area contributed by atoms with Crippen LogP contribution in [0.1, 0.15) is 116 Å². The summed E-state index contributed by atoms with van der Waals surface area (Å²) in [6.07, 6.45) is 5.20. The van der Waals surface area contributed by atoms with Crippen LogP contribution in [-0.2, 0) is 52.1 Å². The summed E-state index contributed by atoms with van der Waals surface area (Å²) in [6, 6.07) is 152. The summed E-state index contributed by atoms with van der Waals surface area (Å²) in [5.74, 6) is 1.69. The zero-order valence-corrected chi connectivity index (χ0v) is 76.4. The SMILES string of the molecule is C=Cc1ccc(OCCC2(c3ccccc3)c3ccccc3-c3ccc(N(c4cccc(C)c4)c4ccc5c(c4)c4ccccc4n5-c4ccc(COCc5ccc6c(c5)C(C)(C)c5cc(COCc7ccc(-n8c9ccccc9c9cc(N(c%10cccc(C)c%10)c%10ccc%11c(c%10)C(CCOc%10ccc(C=C)cc%10)(c%10ccccc%10)c%10ccccc%10-%11)ccc98)cc7)ccc5-6)cc4)cc32)cc1. The number of aromatic nitrogens is 2. The second-order valence-electron chi connectivity index (χ2n) is 37.0. The smallest absolute Gasteiger partial charge is 0.119 e. The van der Waals surface area contributed by atoms with Gasteiger partial charge in [0.05, 0.1) is 61.7 Å². The minimum atomic E-state index is -0.493. The maximum Gasteiger partial charge on any atom is 0.119 e. The van der Waals surface area contributed by atoms with Crippen LogP contribution in [0, 0.1) is 13.8 Å². The van der Waals surface area contributed by atoms with Crippen molar-refractivity contribution in [1.82, 2.24) is 9.13 Å². The largest absolute Gasteiger partial charge is 0.494 e. The highest BCUT2D eigenvalue weighted by Crippen LogP contribution is 2.59. The summed E-state index contributed by atoms with van der Waals surface area (Å²) in [4.78, 5) is 4.88. The van der Waals surface area contributed by atoms with E-state index < -0.39 is 10.8 Å². The number of hydrogen-bond acceptors (Lipinski definition) is 6. The van der Waals surface area contributed by atoms with E-state index in [2.05, 4.69) is 448 Å². The average Bonchev–Trinajstić information content (AvgIpc) is 1.56. The molecule has 2 unspecified atom stereocenters. The molecule has 18 aromatic carbocycles. The third-order valence-electron chi connectivity index (χ3n) is 28.7. The van der Waals surface area contributed by atoms with Gasteiger partial charge in [-0.3, -0.25) is 0 Å². The van der Waals surface area contributed by atoms with Crippen LogP contribution in [0.2, 0.25) is 0 Å². The van der Waals surface area contributed by atoms with Crippen molar-refractivity contribution < 1.29 is 18.9 Å². The van der Waals surface area contributed by atoms with E-state index in [4.69, 9.17) is 18.9 Å². The van der Waals surface area contributed by atoms with Crippen LogP contribution in [0.5, 0.6) is 11.5 Å². The molecule has 2 aromatic heterocycles. The number of ether oxygens (including phenoxy) is 4. The van der Waals surface area contributed by atoms with Gasteiger partial charge in [-0.2, -0.15) is 0 Å². The Morgan fingerprint density at radius 3 is 1.04 bits per heavy atom. The summed E-state index contributed by atoms with van der Waals surface area (Å²) in [6.45, 7) is 20.0. The Morgan fingerprint density at radius 2 is 0.615 bits per heavy atom. The first-order chi connectivity index (χ1) is 66.3. The van der Waals surface area contributed by atoms with Crippen LogP contribution in [0.3, 0.4) is 0 Å². The monoisotopic (exact) mass is 1750 g/mol. The van der Waals surface area contributed by atoms with Gasteiger partial charge in [-0.1, -0.05) is 306 Å². The van der Waals surface area contributed by atoms with Crippen LogP contribution in [0.15, 0.2) is 426 Å². The number of fused-ring (bicyclic) bond motifs is 15. The molecule has 135 heavy (non-hydrogen) atoms. The standard InChI is InChI=1S/C127H102N4O4/c1-7-87-45-59-103(60-46-87)134-71-69-126(93-27-11-9-12-28-93)115-37-19-15-33-105(115)109-65-55-101(79-119(109)126)128(97-31-23-25-85(3)73-97)99-57-67-123-113(77-99)111-35-17-21-39-121(111)130(123)95-51-41-89(42-52-95)81-132-83-91-49-63-107-108-64-50-92(76-118(108)125(5,6)117(107)75-91)84-133-82-90-43-53-96(54-44-90)131-122-40-22-18-36-112(122)114-78-100(58-68-124(114)131)129(98-32-24-26-86(4)74-98)102-56-66-110-106-34-16-20-38-116(106)127(120(110)80-102,94-29-13-10-14-30-94)70-72-135-104-61-47-88(8-2)48-62-104/h7-68,73-80H,1-2,69-72,81-84H2,3-6H3.